The number of carbonyl (C=O) groups is 3. The van der Waals surface area contributed by atoms with E-state index in [0.29, 0.717) is 42.9 Å². The van der Waals surface area contributed by atoms with Crippen LogP contribution in [0, 0.1) is 0 Å². The second kappa shape index (κ2) is 20.5. The van der Waals surface area contributed by atoms with E-state index in [1.54, 1.807) is 55.6 Å². The molecule has 0 spiro atoms. The Kier molecular flexibility index (Phi) is 15.8. The summed E-state index contributed by atoms with van der Waals surface area (Å²) >= 11 is 0. The monoisotopic (exact) mass is 741 g/mol. The van der Waals surface area contributed by atoms with Crippen LogP contribution in [0.2, 0.25) is 0 Å². The molecule has 282 valence electrons. The van der Waals surface area contributed by atoms with Crippen LogP contribution in [0.1, 0.15) is 25.3 Å². The Morgan fingerprint density at radius 3 is 2.15 bits per heavy atom. The summed E-state index contributed by atoms with van der Waals surface area (Å²) in [5.41, 5.74) is 3.85. The fourth-order valence-corrected chi connectivity index (χ4v) is 6.89. The summed E-state index contributed by atoms with van der Waals surface area (Å²) in [6.45, 7) is 5.10. The number of amides is 3. The first-order valence-corrected chi connectivity index (χ1v) is 18.5. The molecule has 1 heterocycles. The smallest absolute Gasteiger partial charge is 0.407 e. The number of ether oxygens (including phenoxy) is 3. The first-order chi connectivity index (χ1) is 25.2. The second-order valence-electron chi connectivity index (χ2n) is 11.8. The van der Waals surface area contributed by atoms with Gasteiger partial charge in [0.15, 0.2) is 0 Å². The van der Waals surface area contributed by atoms with Gasteiger partial charge >= 0.3 is 6.09 Å². The molecule has 1 aliphatic rings. The highest BCUT2D eigenvalue weighted by Gasteiger charge is 2.37. The number of methoxy groups -OCH3 is 1. The fraction of sp³-hybridized carbons (Fsp3) is 0.417. The van der Waals surface area contributed by atoms with Gasteiger partial charge < -0.3 is 24.4 Å². The summed E-state index contributed by atoms with van der Waals surface area (Å²) in [4.78, 5) is 46.8. The molecule has 0 aliphatic carbocycles. The SMILES string of the molecule is CCC(=O)N1CCN(CCOCCON([C@H](CCNC(=O)OCc2ccccc2)C(=O)NO)S(=O)(=O)c2ccc(-c3ccc(OC)cc3)cc2)CC1. The third kappa shape index (κ3) is 11.7. The molecule has 4 rings (SSSR count). The maximum absolute atomic E-state index is 14.0. The van der Waals surface area contributed by atoms with Gasteiger partial charge in [0.1, 0.15) is 18.4 Å². The highest BCUT2D eigenvalue weighted by atomic mass is 32.2. The summed E-state index contributed by atoms with van der Waals surface area (Å²) in [5.74, 6) is -0.262. The summed E-state index contributed by atoms with van der Waals surface area (Å²) in [7, 11) is -2.94. The second-order valence-corrected chi connectivity index (χ2v) is 13.6. The summed E-state index contributed by atoms with van der Waals surface area (Å²) in [5, 5.41) is 12.1. The van der Waals surface area contributed by atoms with Crippen molar-refractivity contribution in [2.24, 2.45) is 0 Å². The maximum atomic E-state index is 14.0. The van der Waals surface area contributed by atoms with Crippen molar-refractivity contribution in [2.45, 2.75) is 37.3 Å². The lowest BCUT2D eigenvalue weighted by Gasteiger charge is -2.34. The van der Waals surface area contributed by atoms with Gasteiger partial charge in [0.25, 0.3) is 15.9 Å². The molecule has 1 fully saturated rings. The number of sulfonamides is 1. The molecule has 1 aliphatic heterocycles. The number of hydroxylamine groups is 2. The summed E-state index contributed by atoms with van der Waals surface area (Å²) in [6, 6.07) is 20.7. The highest BCUT2D eigenvalue weighted by Crippen LogP contribution is 2.26. The molecular formula is C36H47N5O10S. The van der Waals surface area contributed by atoms with Gasteiger partial charge in [-0.15, -0.1) is 0 Å². The molecule has 3 aromatic rings. The molecule has 0 radical (unpaired) electrons. The zero-order chi connectivity index (χ0) is 37.3. The Hall–Kier alpha value is -4.58. The van der Waals surface area contributed by atoms with Crippen molar-refractivity contribution in [1.82, 2.24) is 25.1 Å². The Morgan fingerprint density at radius 1 is 0.885 bits per heavy atom. The molecule has 0 bridgehead atoms. The zero-order valence-corrected chi connectivity index (χ0v) is 30.3. The number of alkyl carbamates (subject to hydrolysis) is 1. The maximum Gasteiger partial charge on any atom is 0.407 e. The van der Waals surface area contributed by atoms with Gasteiger partial charge in [-0.3, -0.25) is 24.5 Å². The van der Waals surface area contributed by atoms with Crippen molar-refractivity contribution in [3.05, 3.63) is 84.4 Å². The van der Waals surface area contributed by atoms with Crippen LogP contribution >= 0.6 is 0 Å². The van der Waals surface area contributed by atoms with Gasteiger partial charge in [-0.2, -0.15) is 0 Å². The molecule has 52 heavy (non-hydrogen) atoms. The van der Waals surface area contributed by atoms with E-state index in [4.69, 9.17) is 19.0 Å². The Balaban J connectivity index is 1.41. The van der Waals surface area contributed by atoms with E-state index >= 15 is 0 Å². The van der Waals surface area contributed by atoms with Gasteiger partial charge in [0.05, 0.1) is 31.8 Å². The van der Waals surface area contributed by atoms with E-state index in [0.717, 1.165) is 29.8 Å². The molecule has 1 atom stereocenters. The van der Waals surface area contributed by atoms with Crippen LogP contribution in [-0.4, -0.2) is 118 Å². The van der Waals surface area contributed by atoms with Gasteiger partial charge in [0.2, 0.25) is 5.91 Å². The zero-order valence-electron chi connectivity index (χ0n) is 29.4. The molecular weight excluding hydrogens is 694 g/mol. The minimum absolute atomic E-state index is 0.00572. The van der Waals surface area contributed by atoms with E-state index in [1.807, 2.05) is 30.0 Å². The molecule has 15 nitrogen and oxygen atoms in total. The van der Waals surface area contributed by atoms with E-state index in [2.05, 4.69) is 10.2 Å². The Bertz CT molecular complexity index is 1670. The van der Waals surface area contributed by atoms with Crippen LogP contribution in [0.25, 0.3) is 11.1 Å². The minimum Gasteiger partial charge on any atom is -0.497 e. The topological polar surface area (TPSA) is 176 Å². The number of piperazine rings is 1. The van der Waals surface area contributed by atoms with Crippen molar-refractivity contribution in [3.63, 3.8) is 0 Å². The Labute approximate surface area is 304 Å². The standard InChI is InChI=1S/C36H47N5O10S/c1-3-34(42)40-21-19-39(20-22-40)23-24-49-25-26-51-41(33(35(43)38-45)17-18-37-36(44)50-27-28-7-5-4-6-8-28)52(46,47)32-15-11-30(12-16-32)29-9-13-31(48-2)14-10-29/h4-16,33,45H,3,17-27H2,1-2H3,(H,37,44)(H,38,43)/t33-/m1/s1. The average Bonchev–Trinajstić information content (AvgIpc) is 3.18. The number of rotatable bonds is 19. The molecule has 1 saturated heterocycles. The van der Waals surface area contributed by atoms with Crippen molar-refractivity contribution in [3.8, 4) is 16.9 Å². The molecule has 3 N–H and O–H groups in total. The summed E-state index contributed by atoms with van der Waals surface area (Å²) < 4.78 is 44.8. The first-order valence-electron chi connectivity index (χ1n) is 17.0. The van der Waals surface area contributed by atoms with Crippen molar-refractivity contribution >= 4 is 27.9 Å². The number of nitrogens with one attached hydrogen (secondary N) is 2. The molecule has 0 aromatic heterocycles. The number of carbonyl (C=O) groups excluding carboxylic acids is 3. The van der Waals surface area contributed by atoms with Gasteiger partial charge in [-0.1, -0.05) is 66.0 Å². The minimum atomic E-state index is -4.51. The van der Waals surface area contributed by atoms with Crippen molar-refractivity contribution < 1.29 is 47.1 Å². The molecule has 0 saturated carbocycles. The molecule has 16 heteroatoms. The Morgan fingerprint density at radius 2 is 1.54 bits per heavy atom. The van der Waals surface area contributed by atoms with Crippen LogP contribution in [0.3, 0.4) is 0 Å². The third-order valence-electron chi connectivity index (χ3n) is 8.41. The highest BCUT2D eigenvalue weighted by molar-refractivity contribution is 7.89. The lowest BCUT2D eigenvalue weighted by atomic mass is 10.1. The van der Waals surface area contributed by atoms with Crippen LogP contribution < -0.4 is 15.5 Å². The number of benzene rings is 3. The van der Waals surface area contributed by atoms with Crippen LogP contribution in [0.4, 0.5) is 4.79 Å². The van der Waals surface area contributed by atoms with E-state index in [-0.39, 0.29) is 43.6 Å². The van der Waals surface area contributed by atoms with E-state index in [9.17, 15) is 28.0 Å². The molecule has 0 unspecified atom stereocenters. The van der Waals surface area contributed by atoms with E-state index < -0.39 is 28.1 Å². The fourth-order valence-electron chi connectivity index (χ4n) is 5.45. The number of nitrogens with zero attached hydrogens (tertiary/aromatic N) is 3. The lowest BCUT2D eigenvalue weighted by molar-refractivity contribution is -0.159. The first kappa shape index (κ1) is 40.2. The van der Waals surface area contributed by atoms with Crippen molar-refractivity contribution in [1.29, 1.82) is 0 Å². The van der Waals surface area contributed by atoms with Gasteiger partial charge in [-0.05, 0) is 47.4 Å². The van der Waals surface area contributed by atoms with Crippen LogP contribution in [0.15, 0.2) is 83.8 Å². The third-order valence-corrected chi connectivity index (χ3v) is 10.1. The van der Waals surface area contributed by atoms with Gasteiger partial charge in [0, 0.05) is 45.7 Å². The normalized spacial score (nSPS) is 14.1. The number of hydrogen-bond acceptors (Lipinski definition) is 11. The largest absolute Gasteiger partial charge is 0.497 e. The van der Waals surface area contributed by atoms with E-state index in [1.165, 1.54) is 17.6 Å². The average molecular weight is 742 g/mol. The predicted octanol–water partition coefficient (Wildman–Crippen LogP) is 3.05. The molecule has 3 aromatic carbocycles. The molecule has 3 amide bonds. The van der Waals surface area contributed by atoms with Crippen molar-refractivity contribution in [2.75, 3.05) is 66.2 Å². The quantitative estimate of drug-likeness (QED) is 0.0936. The number of hydrogen-bond donors (Lipinski definition) is 3. The summed E-state index contributed by atoms with van der Waals surface area (Å²) in [6.07, 6.45) is -0.574. The van der Waals surface area contributed by atoms with Crippen LogP contribution in [-0.2, 0) is 40.5 Å². The van der Waals surface area contributed by atoms with Crippen LogP contribution in [0.5, 0.6) is 5.75 Å². The lowest BCUT2D eigenvalue weighted by Crippen LogP contribution is -2.50. The predicted molar refractivity (Wildman–Crippen MR) is 191 cm³/mol. The van der Waals surface area contributed by atoms with Gasteiger partial charge in [-0.25, -0.2) is 18.7 Å².